The molecule has 0 aromatic rings. The van der Waals surface area contributed by atoms with Gasteiger partial charge < -0.3 is 4.90 Å². The van der Waals surface area contributed by atoms with E-state index in [4.69, 9.17) is 25.7 Å². The molecule has 6 heteroatoms. The minimum absolute atomic E-state index is 0.750. The Labute approximate surface area is 73.3 Å². The molecule has 0 saturated heterocycles. The molecule has 0 aromatic carbocycles. The predicted molar refractivity (Wildman–Crippen MR) is 43.1 cm³/mol. The van der Waals surface area contributed by atoms with E-state index in [0.717, 1.165) is 6.41 Å². The SMILES string of the molecule is CN(C)C=O.[Cl][In]([Cl])[Cl]. The molecule has 54 valence electrons. The van der Waals surface area contributed by atoms with Gasteiger partial charge in [0.2, 0.25) is 6.41 Å². The maximum absolute atomic E-state index is 9.43. The van der Waals surface area contributed by atoms with Gasteiger partial charge in [-0.25, -0.2) is 0 Å². The van der Waals surface area contributed by atoms with Crippen LogP contribution in [0.15, 0.2) is 0 Å². The molecule has 0 fully saturated rings. The fourth-order valence-corrected chi connectivity index (χ4v) is 0. The van der Waals surface area contributed by atoms with E-state index in [1.54, 1.807) is 14.1 Å². The number of hydrogen-bond acceptors (Lipinski definition) is 1. The molecule has 9 heavy (non-hydrogen) atoms. The molecular weight excluding hydrogens is 287 g/mol. The molecule has 0 saturated carbocycles. The fourth-order valence-electron chi connectivity index (χ4n) is 0. The van der Waals surface area contributed by atoms with Crippen LogP contribution >= 0.6 is 25.7 Å². The van der Waals surface area contributed by atoms with E-state index in [0.29, 0.717) is 0 Å². The second kappa shape index (κ2) is 9.21. The summed E-state index contributed by atoms with van der Waals surface area (Å²) in [5.41, 5.74) is 0. The Bertz CT molecular complexity index is 67.3. The van der Waals surface area contributed by atoms with E-state index in [-0.39, 0.29) is 0 Å². The van der Waals surface area contributed by atoms with Gasteiger partial charge in [-0.1, -0.05) is 0 Å². The first-order valence-corrected chi connectivity index (χ1v) is 14.6. The van der Waals surface area contributed by atoms with Crippen LogP contribution in [0.4, 0.5) is 0 Å². The summed E-state index contributed by atoms with van der Waals surface area (Å²) in [6, 6.07) is 0. The van der Waals surface area contributed by atoms with Crippen LogP contribution in [0.3, 0.4) is 0 Å². The van der Waals surface area contributed by atoms with Crippen molar-refractivity contribution in [3.63, 3.8) is 0 Å². The summed E-state index contributed by atoms with van der Waals surface area (Å²) in [6.07, 6.45) is 0.750. The molecule has 0 heterocycles. The Morgan fingerprint density at radius 3 is 1.44 bits per heavy atom. The van der Waals surface area contributed by atoms with Crippen LogP contribution in [0, 0.1) is 0 Å². The van der Waals surface area contributed by atoms with Crippen LogP contribution in [0.5, 0.6) is 0 Å². The van der Waals surface area contributed by atoms with Gasteiger partial charge in [-0.05, 0) is 0 Å². The molecule has 2 nitrogen and oxygen atoms in total. The second-order valence-electron chi connectivity index (χ2n) is 1.32. The summed E-state index contributed by atoms with van der Waals surface area (Å²) >= 11 is -2.22. The predicted octanol–water partition coefficient (Wildman–Crippen LogP) is 1.39. The molecule has 0 atom stereocenters. The van der Waals surface area contributed by atoms with Gasteiger partial charge in [-0.15, -0.1) is 0 Å². The van der Waals surface area contributed by atoms with Crippen LogP contribution in [-0.2, 0) is 4.79 Å². The summed E-state index contributed by atoms with van der Waals surface area (Å²) in [5, 5.41) is 0. The molecule has 1 amide bonds. The van der Waals surface area contributed by atoms with E-state index in [2.05, 4.69) is 0 Å². The molecular formula is C3H7Cl3InNO. The summed E-state index contributed by atoms with van der Waals surface area (Å²) in [7, 11) is 18.4. The molecule has 0 rings (SSSR count). The van der Waals surface area contributed by atoms with Gasteiger partial charge in [-0.3, -0.25) is 4.79 Å². The van der Waals surface area contributed by atoms with Crippen molar-refractivity contribution < 1.29 is 4.79 Å². The number of halogens is 3. The van der Waals surface area contributed by atoms with E-state index in [1.165, 1.54) is 4.90 Å². The summed E-state index contributed by atoms with van der Waals surface area (Å²) < 4.78 is 0. The molecule has 0 aliphatic carbocycles. The Kier molecular flexibility index (Phi) is 13.1. The third kappa shape index (κ3) is 46.5. The Morgan fingerprint density at radius 2 is 1.44 bits per heavy atom. The fraction of sp³-hybridized carbons (Fsp3) is 0.667. The van der Waals surface area contributed by atoms with Gasteiger partial charge in [-0.2, -0.15) is 0 Å². The summed E-state index contributed by atoms with van der Waals surface area (Å²) in [6.45, 7) is 0. The number of amides is 1. The minimum atomic E-state index is -2.22. The quantitative estimate of drug-likeness (QED) is 0.669. The average molecular weight is 294 g/mol. The molecule has 0 spiro atoms. The number of nitrogens with zero attached hydrogens (tertiary/aromatic N) is 1. The third-order valence-electron chi connectivity index (χ3n) is 0.211. The van der Waals surface area contributed by atoms with Crippen molar-refractivity contribution in [3.05, 3.63) is 0 Å². The topological polar surface area (TPSA) is 20.3 Å². The zero-order chi connectivity index (χ0) is 7.86. The normalized spacial score (nSPS) is 6.78. The van der Waals surface area contributed by atoms with Crippen LogP contribution < -0.4 is 0 Å². The van der Waals surface area contributed by atoms with Gasteiger partial charge in [0.25, 0.3) is 0 Å². The van der Waals surface area contributed by atoms with Crippen molar-refractivity contribution in [1.29, 1.82) is 0 Å². The number of carbonyl (C=O) groups excluding carboxylic acids is 1. The molecule has 0 N–H and O–H groups in total. The maximum atomic E-state index is 9.43. The van der Waals surface area contributed by atoms with Crippen LogP contribution in [0.1, 0.15) is 0 Å². The van der Waals surface area contributed by atoms with Gasteiger partial charge in [0.15, 0.2) is 0 Å². The first-order valence-electron chi connectivity index (χ1n) is 2.04. The van der Waals surface area contributed by atoms with Gasteiger partial charge in [0.1, 0.15) is 0 Å². The molecule has 0 radical (unpaired) electrons. The molecule has 0 bridgehead atoms. The Morgan fingerprint density at radius 1 is 1.33 bits per heavy atom. The molecule has 0 aliphatic heterocycles. The third-order valence-corrected chi connectivity index (χ3v) is 0.211. The zero-order valence-electron chi connectivity index (χ0n) is 5.14. The monoisotopic (exact) mass is 293 g/mol. The average Bonchev–Trinajstić information content (AvgIpc) is 1.65. The zero-order valence-corrected chi connectivity index (χ0v) is 10.7. The van der Waals surface area contributed by atoms with Gasteiger partial charge in [0.05, 0.1) is 0 Å². The number of hydrogen-bond donors (Lipinski definition) is 0. The summed E-state index contributed by atoms with van der Waals surface area (Å²) in [4.78, 5) is 10.9. The van der Waals surface area contributed by atoms with Crippen molar-refractivity contribution in [1.82, 2.24) is 4.90 Å². The van der Waals surface area contributed by atoms with Crippen LogP contribution in [0.25, 0.3) is 0 Å². The molecule has 0 aromatic heterocycles. The van der Waals surface area contributed by atoms with E-state index >= 15 is 0 Å². The Hall–Kier alpha value is 1.21. The number of carbonyl (C=O) groups is 1. The van der Waals surface area contributed by atoms with E-state index in [1.807, 2.05) is 0 Å². The van der Waals surface area contributed by atoms with Crippen molar-refractivity contribution in [2.24, 2.45) is 0 Å². The van der Waals surface area contributed by atoms with E-state index < -0.39 is 17.9 Å². The van der Waals surface area contributed by atoms with Crippen molar-refractivity contribution in [2.75, 3.05) is 14.1 Å². The van der Waals surface area contributed by atoms with Crippen LogP contribution in [-0.4, -0.2) is 43.3 Å². The Balaban J connectivity index is 0. The number of rotatable bonds is 1. The van der Waals surface area contributed by atoms with Crippen molar-refractivity contribution in [2.45, 2.75) is 0 Å². The second-order valence-corrected chi connectivity index (χ2v) is 16.0. The standard InChI is InChI=1S/C3H7NO.3ClH.In/c1-4(2)3-5;;;;/h3H,1-2H3;3*1H;/q;;;;+3/p-3. The van der Waals surface area contributed by atoms with Gasteiger partial charge in [0, 0.05) is 14.1 Å². The van der Waals surface area contributed by atoms with E-state index in [9.17, 15) is 4.79 Å². The first kappa shape index (κ1) is 12.8. The summed E-state index contributed by atoms with van der Waals surface area (Å²) in [5.74, 6) is 0. The van der Waals surface area contributed by atoms with Crippen molar-refractivity contribution in [3.8, 4) is 0 Å². The van der Waals surface area contributed by atoms with Crippen molar-refractivity contribution >= 4 is 50.0 Å². The van der Waals surface area contributed by atoms with Gasteiger partial charge >= 0.3 is 43.6 Å². The molecule has 0 unspecified atom stereocenters. The van der Waals surface area contributed by atoms with Crippen LogP contribution in [0.2, 0.25) is 0 Å². The first-order chi connectivity index (χ1) is 4.00. The molecule has 0 aliphatic rings.